The number of hydrogen-bond donors (Lipinski definition) is 1. The number of carbonyl (C=O) groups excluding carboxylic acids is 1. The van der Waals surface area contributed by atoms with Gasteiger partial charge in [-0.05, 0) is 6.07 Å². The molecule has 0 unspecified atom stereocenters. The Hall–Kier alpha value is -0.960. The number of carboxylic acids is 1. The summed E-state index contributed by atoms with van der Waals surface area (Å²) in [5, 5.41) is 9.07. The van der Waals surface area contributed by atoms with Crippen molar-refractivity contribution in [3.63, 3.8) is 0 Å². The van der Waals surface area contributed by atoms with E-state index >= 15 is 0 Å². The molecule has 0 aromatic carbocycles. The van der Waals surface area contributed by atoms with Crippen molar-refractivity contribution in [3.8, 4) is 0 Å². The minimum absolute atomic E-state index is 0.364. The molecular formula is C10H11IN2O3S. The number of nitrogens with zero attached hydrogens (tertiary/aromatic N) is 2. The Labute approximate surface area is 115 Å². The van der Waals surface area contributed by atoms with E-state index in [9.17, 15) is 4.79 Å². The number of rotatable bonds is 2. The van der Waals surface area contributed by atoms with Crippen molar-refractivity contribution in [2.24, 2.45) is 0 Å². The van der Waals surface area contributed by atoms with Gasteiger partial charge in [0.1, 0.15) is 6.79 Å². The van der Waals surface area contributed by atoms with Gasteiger partial charge >= 0.3 is 5.97 Å². The zero-order valence-electron chi connectivity index (χ0n) is 9.09. The number of halogens is 1. The minimum atomic E-state index is -0.876. The summed E-state index contributed by atoms with van der Waals surface area (Å²) in [5.41, 5.74) is 2.23. The van der Waals surface area contributed by atoms with E-state index in [2.05, 4.69) is 21.2 Å². The Morgan fingerprint density at radius 2 is 2.24 bits per heavy atom. The molecule has 1 aliphatic heterocycles. The summed E-state index contributed by atoms with van der Waals surface area (Å²) in [4.78, 5) is 20.9. The number of carbonyl (C=O) groups is 2. The Morgan fingerprint density at radius 1 is 1.59 bits per heavy atom. The van der Waals surface area contributed by atoms with Crippen LogP contribution < -0.4 is 0 Å². The maximum absolute atomic E-state index is 11.0. The maximum Gasteiger partial charge on any atom is 0.337 e. The molecule has 1 aliphatic rings. The highest BCUT2D eigenvalue weighted by Gasteiger charge is 2.23. The second kappa shape index (κ2) is 6.10. The first-order valence-electron chi connectivity index (χ1n) is 4.57. The molecular weight excluding hydrogens is 355 g/mol. The predicted molar refractivity (Wildman–Crippen MR) is 75.6 cm³/mol. The van der Waals surface area contributed by atoms with Crippen LogP contribution >= 0.6 is 30.3 Å². The van der Waals surface area contributed by atoms with E-state index < -0.39 is 5.97 Å². The second-order valence-electron chi connectivity index (χ2n) is 3.33. The Kier molecular flexibility index (Phi) is 5.06. The van der Waals surface area contributed by atoms with E-state index in [0.717, 1.165) is 17.8 Å². The zero-order chi connectivity index (χ0) is 13.0. The van der Waals surface area contributed by atoms with Crippen LogP contribution in [0.5, 0.6) is 0 Å². The minimum Gasteiger partial charge on any atom is -0.478 e. The SMILES string of the molecule is C=O.CN1C=C(C(=O)O)c2ccn(SI)c2C1. The number of fused-ring (bicyclic) bond motifs is 1. The van der Waals surface area contributed by atoms with Gasteiger partial charge in [0.25, 0.3) is 0 Å². The molecule has 7 heteroatoms. The van der Waals surface area contributed by atoms with Crippen molar-refractivity contribution in [3.05, 3.63) is 29.7 Å². The van der Waals surface area contributed by atoms with Crippen LogP contribution in [0.4, 0.5) is 0 Å². The standard InChI is InChI=1S/C9H9IN2O2S.CH2O/c1-11-4-7(9(13)14)6-2-3-12(15-10)8(6)5-11;1-2/h2-4H,5H2,1H3,(H,13,14);1H2. The van der Waals surface area contributed by atoms with Crippen LogP contribution in [0.15, 0.2) is 18.5 Å². The molecule has 0 amide bonds. The number of aromatic nitrogens is 1. The third-order valence-corrected chi connectivity index (χ3v) is 4.06. The maximum atomic E-state index is 11.0. The van der Waals surface area contributed by atoms with Crippen molar-refractivity contribution in [1.82, 2.24) is 8.87 Å². The van der Waals surface area contributed by atoms with Gasteiger partial charge in [0.15, 0.2) is 0 Å². The van der Waals surface area contributed by atoms with Crippen LogP contribution in [-0.4, -0.2) is 33.8 Å². The first kappa shape index (κ1) is 14.1. The van der Waals surface area contributed by atoms with Crippen LogP contribution in [-0.2, 0) is 16.1 Å². The largest absolute Gasteiger partial charge is 0.478 e. The topological polar surface area (TPSA) is 62.5 Å². The summed E-state index contributed by atoms with van der Waals surface area (Å²) >= 11 is 2.18. The number of hydrogen-bond acceptors (Lipinski definition) is 4. The van der Waals surface area contributed by atoms with E-state index in [1.807, 2.05) is 35.0 Å². The molecule has 2 heterocycles. The van der Waals surface area contributed by atoms with E-state index in [1.165, 1.54) is 0 Å². The van der Waals surface area contributed by atoms with Crippen molar-refractivity contribution in [2.75, 3.05) is 7.05 Å². The summed E-state index contributed by atoms with van der Waals surface area (Å²) in [7, 11) is 3.42. The lowest BCUT2D eigenvalue weighted by atomic mass is 10.0. The van der Waals surface area contributed by atoms with Crippen molar-refractivity contribution in [2.45, 2.75) is 6.54 Å². The molecule has 92 valence electrons. The van der Waals surface area contributed by atoms with Gasteiger partial charge in [0.2, 0.25) is 0 Å². The van der Waals surface area contributed by atoms with E-state index in [4.69, 9.17) is 9.90 Å². The average Bonchev–Trinajstić information content (AvgIpc) is 2.73. The summed E-state index contributed by atoms with van der Waals surface area (Å²) in [5.74, 6) is -0.876. The number of carboxylic acid groups (broad SMARTS) is 1. The highest BCUT2D eigenvalue weighted by Crippen LogP contribution is 2.31. The molecule has 0 saturated heterocycles. The Bertz CT molecular complexity index is 458. The molecule has 0 spiro atoms. The van der Waals surface area contributed by atoms with Gasteiger partial charge in [-0.1, -0.05) is 0 Å². The summed E-state index contributed by atoms with van der Waals surface area (Å²) in [6.45, 7) is 2.75. The van der Waals surface area contributed by atoms with Gasteiger partial charge in [-0.3, -0.25) is 3.97 Å². The van der Waals surface area contributed by atoms with Crippen LogP contribution in [0.2, 0.25) is 0 Å². The lowest BCUT2D eigenvalue weighted by molar-refractivity contribution is -0.130. The first-order valence-corrected chi connectivity index (χ1v) is 7.89. The van der Waals surface area contributed by atoms with Crippen molar-refractivity contribution in [1.29, 1.82) is 0 Å². The fourth-order valence-electron chi connectivity index (χ4n) is 1.65. The van der Waals surface area contributed by atoms with Gasteiger partial charge in [-0.25, -0.2) is 4.79 Å². The lowest BCUT2D eigenvalue weighted by Gasteiger charge is -2.22. The van der Waals surface area contributed by atoms with Crippen LogP contribution in [0.1, 0.15) is 11.3 Å². The van der Waals surface area contributed by atoms with Crippen molar-refractivity contribution < 1.29 is 14.7 Å². The molecule has 2 rings (SSSR count). The summed E-state index contributed by atoms with van der Waals surface area (Å²) in [6.07, 6.45) is 3.57. The van der Waals surface area contributed by atoms with Crippen LogP contribution in [0, 0.1) is 0 Å². The van der Waals surface area contributed by atoms with E-state index in [-0.39, 0.29) is 0 Å². The van der Waals surface area contributed by atoms with Gasteiger partial charge in [-0.2, -0.15) is 0 Å². The molecule has 0 saturated carbocycles. The first-order chi connectivity index (χ1) is 8.13. The molecule has 0 aliphatic carbocycles. The molecule has 1 aromatic rings. The quantitative estimate of drug-likeness (QED) is 0.812. The molecule has 0 atom stereocenters. The van der Waals surface area contributed by atoms with Gasteiger partial charge in [-0.15, -0.1) is 0 Å². The highest BCUT2D eigenvalue weighted by molar-refractivity contribution is 14.2. The molecule has 1 N–H and O–H groups in total. The Morgan fingerprint density at radius 3 is 2.76 bits per heavy atom. The third kappa shape index (κ3) is 2.83. The van der Waals surface area contributed by atoms with Gasteiger partial charge < -0.3 is 14.8 Å². The van der Waals surface area contributed by atoms with Crippen LogP contribution in [0.3, 0.4) is 0 Å². The van der Waals surface area contributed by atoms with E-state index in [1.54, 1.807) is 15.3 Å². The van der Waals surface area contributed by atoms with Crippen molar-refractivity contribution >= 4 is 48.7 Å². The molecule has 17 heavy (non-hydrogen) atoms. The highest BCUT2D eigenvalue weighted by atomic mass is 127. The summed E-state index contributed by atoms with van der Waals surface area (Å²) in [6, 6.07) is 1.86. The fourth-order valence-corrected chi connectivity index (χ4v) is 3.11. The molecule has 0 fully saturated rings. The lowest BCUT2D eigenvalue weighted by Crippen LogP contribution is -2.20. The predicted octanol–water partition coefficient (Wildman–Crippen LogP) is 2.02. The summed E-state index contributed by atoms with van der Waals surface area (Å²) < 4.78 is 1.99. The second-order valence-corrected chi connectivity index (χ2v) is 5.05. The normalized spacial score (nSPS) is 13.3. The average molecular weight is 366 g/mol. The van der Waals surface area contributed by atoms with Crippen LogP contribution in [0.25, 0.3) is 5.57 Å². The third-order valence-electron chi connectivity index (χ3n) is 2.30. The fraction of sp³-hybridized carbons (Fsp3) is 0.200. The van der Waals surface area contributed by atoms with E-state index in [0.29, 0.717) is 5.57 Å². The molecule has 5 nitrogen and oxygen atoms in total. The molecule has 1 aromatic heterocycles. The van der Waals surface area contributed by atoms with Gasteiger partial charge in [0, 0.05) is 55.3 Å². The number of aliphatic carboxylic acids is 1. The zero-order valence-corrected chi connectivity index (χ0v) is 12.1. The van der Waals surface area contributed by atoms with Gasteiger partial charge in [0.05, 0.1) is 17.8 Å². The monoisotopic (exact) mass is 366 g/mol. The Balaban J connectivity index is 0.000000686. The molecule has 0 radical (unpaired) electrons. The molecule has 0 bridgehead atoms. The smallest absolute Gasteiger partial charge is 0.337 e.